The molecule has 9 heteroatoms. The van der Waals surface area contributed by atoms with Crippen LogP contribution in [0.15, 0.2) is 30.5 Å². The van der Waals surface area contributed by atoms with E-state index in [1.165, 1.54) is 22.9 Å². The van der Waals surface area contributed by atoms with Gasteiger partial charge in [-0.3, -0.25) is 9.59 Å². The standard InChI is InChI=1S/C23H23N5O2S2/c1-3-15(4-2)25-21(30)19-16-9-14(11-24-22(16)32-28-19)13-7-8-17-18(10-13)31-23(26-17)27-20(29)12-5-6-12/h7-12,15H,3-6H2,1-2H3,(H,25,30)(H,26,27,29). The number of aromatic nitrogens is 3. The Morgan fingerprint density at radius 1 is 1.16 bits per heavy atom. The Balaban J connectivity index is 1.44. The van der Waals surface area contributed by atoms with Gasteiger partial charge in [0.25, 0.3) is 5.91 Å². The molecule has 2 amide bonds. The summed E-state index contributed by atoms with van der Waals surface area (Å²) in [5, 5.41) is 7.38. The van der Waals surface area contributed by atoms with Crippen LogP contribution in [-0.4, -0.2) is 32.2 Å². The van der Waals surface area contributed by atoms with E-state index in [0.29, 0.717) is 10.8 Å². The maximum absolute atomic E-state index is 12.8. The van der Waals surface area contributed by atoms with Crippen molar-refractivity contribution in [1.29, 1.82) is 0 Å². The first-order valence-electron chi connectivity index (χ1n) is 10.8. The molecular weight excluding hydrogens is 442 g/mol. The van der Waals surface area contributed by atoms with Gasteiger partial charge in [0, 0.05) is 29.1 Å². The van der Waals surface area contributed by atoms with E-state index in [0.717, 1.165) is 57.2 Å². The lowest BCUT2D eigenvalue weighted by atomic mass is 10.1. The van der Waals surface area contributed by atoms with E-state index in [-0.39, 0.29) is 23.8 Å². The van der Waals surface area contributed by atoms with Crippen LogP contribution in [0.25, 0.3) is 31.6 Å². The molecule has 1 saturated carbocycles. The molecule has 1 aliphatic rings. The van der Waals surface area contributed by atoms with Crippen LogP contribution in [0, 0.1) is 5.92 Å². The summed E-state index contributed by atoms with van der Waals surface area (Å²) in [6.07, 6.45) is 5.50. The van der Waals surface area contributed by atoms with Gasteiger partial charge in [0.15, 0.2) is 10.8 Å². The van der Waals surface area contributed by atoms with Crippen molar-refractivity contribution in [2.75, 3.05) is 5.32 Å². The summed E-state index contributed by atoms with van der Waals surface area (Å²) in [6.45, 7) is 4.12. The van der Waals surface area contributed by atoms with Gasteiger partial charge in [0.2, 0.25) is 5.91 Å². The molecule has 1 aromatic carbocycles. The van der Waals surface area contributed by atoms with E-state index in [1.807, 2.05) is 24.3 Å². The summed E-state index contributed by atoms with van der Waals surface area (Å²) in [5.41, 5.74) is 3.16. The van der Waals surface area contributed by atoms with E-state index < -0.39 is 0 Å². The predicted octanol–water partition coefficient (Wildman–Crippen LogP) is 5.23. The van der Waals surface area contributed by atoms with E-state index in [4.69, 9.17) is 0 Å². The Morgan fingerprint density at radius 2 is 1.97 bits per heavy atom. The number of hydrogen-bond acceptors (Lipinski definition) is 7. The number of fused-ring (bicyclic) bond motifs is 2. The fourth-order valence-corrected chi connectivity index (χ4v) is 5.23. The van der Waals surface area contributed by atoms with Gasteiger partial charge in [-0.2, -0.15) is 4.37 Å². The molecule has 5 rings (SSSR count). The minimum Gasteiger partial charge on any atom is -0.348 e. The highest BCUT2D eigenvalue weighted by Gasteiger charge is 2.30. The number of amides is 2. The van der Waals surface area contributed by atoms with Crippen molar-refractivity contribution in [2.45, 2.75) is 45.6 Å². The van der Waals surface area contributed by atoms with Gasteiger partial charge in [0.05, 0.1) is 10.2 Å². The van der Waals surface area contributed by atoms with Gasteiger partial charge >= 0.3 is 0 Å². The van der Waals surface area contributed by atoms with Crippen LogP contribution in [0.3, 0.4) is 0 Å². The second kappa shape index (κ2) is 8.55. The molecule has 3 aromatic heterocycles. The van der Waals surface area contributed by atoms with Gasteiger partial charge < -0.3 is 10.6 Å². The number of thiazole rings is 1. The van der Waals surface area contributed by atoms with Gasteiger partial charge in [-0.1, -0.05) is 31.3 Å². The summed E-state index contributed by atoms with van der Waals surface area (Å²) < 4.78 is 5.36. The second-order valence-corrected chi connectivity index (χ2v) is 9.84. The van der Waals surface area contributed by atoms with Gasteiger partial charge in [0.1, 0.15) is 4.83 Å². The average Bonchev–Trinajstić information content (AvgIpc) is 3.45. The molecule has 2 N–H and O–H groups in total. The molecule has 7 nitrogen and oxygen atoms in total. The van der Waals surface area contributed by atoms with Crippen LogP contribution in [0.2, 0.25) is 0 Å². The molecule has 0 radical (unpaired) electrons. The predicted molar refractivity (Wildman–Crippen MR) is 129 cm³/mol. The van der Waals surface area contributed by atoms with Crippen molar-refractivity contribution >= 4 is 60.2 Å². The van der Waals surface area contributed by atoms with Crippen molar-refractivity contribution in [1.82, 2.24) is 19.7 Å². The molecule has 3 heterocycles. The molecule has 0 atom stereocenters. The van der Waals surface area contributed by atoms with E-state index in [9.17, 15) is 9.59 Å². The number of hydrogen-bond donors (Lipinski definition) is 2. The third-order valence-electron chi connectivity index (χ3n) is 5.77. The van der Waals surface area contributed by atoms with Crippen molar-refractivity contribution in [2.24, 2.45) is 5.92 Å². The van der Waals surface area contributed by atoms with Gasteiger partial charge in [-0.25, -0.2) is 9.97 Å². The largest absolute Gasteiger partial charge is 0.348 e. The Morgan fingerprint density at radius 3 is 2.72 bits per heavy atom. The molecule has 4 aromatic rings. The van der Waals surface area contributed by atoms with Crippen molar-refractivity contribution in [3.8, 4) is 11.1 Å². The monoisotopic (exact) mass is 465 g/mol. The molecule has 0 bridgehead atoms. The number of rotatable bonds is 7. The van der Waals surface area contributed by atoms with Crippen LogP contribution in [0.1, 0.15) is 50.0 Å². The Bertz CT molecular complexity index is 1320. The van der Waals surface area contributed by atoms with Crippen LogP contribution < -0.4 is 10.6 Å². The fraction of sp³-hybridized carbons (Fsp3) is 0.348. The second-order valence-electron chi connectivity index (χ2n) is 8.06. The smallest absolute Gasteiger partial charge is 0.271 e. The Hall–Kier alpha value is -2.91. The summed E-state index contributed by atoms with van der Waals surface area (Å²) >= 11 is 2.70. The highest BCUT2D eigenvalue weighted by Crippen LogP contribution is 2.34. The molecule has 0 spiro atoms. The number of carbonyl (C=O) groups is 2. The highest BCUT2D eigenvalue weighted by molar-refractivity contribution is 7.22. The number of nitrogens with one attached hydrogen (secondary N) is 2. The SMILES string of the molecule is CCC(CC)NC(=O)c1nsc2ncc(-c3ccc4nc(NC(=O)C5CC5)sc4c3)cc12. The zero-order valence-electron chi connectivity index (χ0n) is 17.8. The lowest BCUT2D eigenvalue weighted by Crippen LogP contribution is -2.34. The first-order valence-corrected chi connectivity index (χ1v) is 12.4. The molecule has 0 aliphatic heterocycles. The zero-order valence-corrected chi connectivity index (χ0v) is 19.5. The molecule has 0 saturated heterocycles. The van der Waals surface area contributed by atoms with Crippen molar-refractivity contribution < 1.29 is 9.59 Å². The van der Waals surface area contributed by atoms with Crippen LogP contribution in [-0.2, 0) is 4.79 Å². The quantitative estimate of drug-likeness (QED) is 0.389. The lowest BCUT2D eigenvalue weighted by Gasteiger charge is -2.13. The number of carbonyl (C=O) groups excluding carboxylic acids is 2. The van der Waals surface area contributed by atoms with Crippen LogP contribution in [0.5, 0.6) is 0 Å². The first kappa shape index (κ1) is 21.0. The number of pyridine rings is 1. The Labute approximate surface area is 193 Å². The molecule has 0 unspecified atom stereocenters. The zero-order chi connectivity index (χ0) is 22.2. The molecule has 164 valence electrons. The molecular formula is C23H23N5O2S2. The maximum Gasteiger partial charge on any atom is 0.271 e. The van der Waals surface area contributed by atoms with Gasteiger partial charge in [-0.15, -0.1) is 0 Å². The minimum absolute atomic E-state index is 0.0584. The third-order valence-corrected chi connectivity index (χ3v) is 7.47. The topological polar surface area (TPSA) is 96.9 Å². The number of benzene rings is 1. The van der Waals surface area contributed by atoms with Crippen molar-refractivity contribution in [3.63, 3.8) is 0 Å². The minimum atomic E-state index is -0.155. The summed E-state index contributed by atoms with van der Waals surface area (Å²) in [5.74, 6) is 0.0480. The van der Waals surface area contributed by atoms with E-state index in [2.05, 4.69) is 38.8 Å². The number of anilines is 1. The Kier molecular flexibility index (Phi) is 5.60. The lowest BCUT2D eigenvalue weighted by molar-refractivity contribution is -0.117. The van der Waals surface area contributed by atoms with Gasteiger partial charge in [-0.05, 0) is 61.0 Å². The van der Waals surface area contributed by atoms with Crippen LogP contribution in [0.4, 0.5) is 5.13 Å². The average molecular weight is 466 g/mol. The molecule has 1 aliphatic carbocycles. The van der Waals surface area contributed by atoms with Crippen molar-refractivity contribution in [3.05, 3.63) is 36.2 Å². The van der Waals surface area contributed by atoms with E-state index in [1.54, 1.807) is 6.20 Å². The first-order chi connectivity index (χ1) is 15.6. The summed E-state index contributed by atoms with van der Waals surface area (Å²) in [4.78, 5) is 34.6. The third kappa shape index (κ3) is 4.10. The van der Waals surface area contributed by atoms with E-state index >= 15 is 0 Å². The maximum atomic E-state index is 12.8. The fourth-order valence-electron chi connectivity index (χ4n) is 3.61. The summed E-state index contributed by atoms with van der Waals surface area (Å²) in [6, 6.07) is 8.10. The van der Waals surface area contributed by atoms with Crippen LogP contribution >= 0.6 is 22.9 Å². The number of nitrogens with zero attached hydrogens (tertiary/aromatic N) is 3. The summed E-state index contributed by atoms with van der Waals surface area (Å²) in [7, 11) is 0. The highest BCUT2D eigenvalue weighted by atomic mass is 32.1. The molecule has 1 fully saturated rings. The molecule has 32 heavy (non-hydrogen) atoms. The normalized spacial score (nSPS) is 13.7.